The number of aliphatic imine (C=N–C) groups is 1. The number of rotatable bonds is 7. The maximum absolute atomic E-state index is 11.2. The number of aromatic carboxylic acids is 1. The van der Waals surface area contributed by atoms with Crippen LogP contribution in [-0.2, 0) is 6.42 Å². The maximum Gasteiger partial charge on any atom is 0.335 e. The van der Waals surface area contributed by atoms with E-state index >= 15 is 0 Å². The fourth-order valence-corrected chi connectivity index (χ4v) is 4.01. The van der Waals surface area contributed by atoms with Gasteiger partial charge in [-0.15, -0.1) is 11.3 Å². The fourth-order valence-electron chi connectivity index (χ4n) is 3.18. The molecule has 0 aliphatic heterocycles. The molecule has 1 aromatic heterocycles. The van der Waals surface area contributed by atoms with Crippen LogP contribution in [-0.4, -0.2) is 40.9 Å². The van der Waals surface area contributed by atoms with Crippen molar-refractivity contribution in [3.63, 3.8) is 0 Å². The number of carboxylic acid groups (broad SMARTS) is 1. The Labute approximate surface area is 181 Å². The summed E-state index contributed by atoms with van der Waals surface area (Å²) >= 11 is 1.63. The molecule has 0 fully saturated rings. The molecule has 3 aromatic rings. The summed E-state index contributed by atoms with van der Waals surface area (Å²) in [5.41, 5.74) is 7.47. The van der Waals surface area contributed by atoms with Gasteiger partial charge in [0, 0.05) is 31.0 Å². The zero-order valence-corrected chi connectivity index (χ0v) is 18.9. The number of aryl methyl sites for hydroxylation is 3. The van der Waals surface area contributed by atoms with Crippen molar-refractivity contribution in [2.45, 2.75) is 34.1 Å². The molecule has 3 rings (SSSR count). The third kappa shape index (κ3) is 4.94. The van der Waals surface area contributed by atoms with Crippen molar-refractivity contribution in [2.75, 3.05) is 13.6 Å². The molecule has 0 atom stereocenters. The first kappa shape index (κ1) is 21.7. The van der Waals surface area contributed by atoms with E-state index in [2.05, 4.69) is 37.9 Å². The molecular formula is C24H27N3O2S. The van der Waals surface area contributed by atoms with Crippen LogP contribution < -0.4 is 0 Å². The predicted molar refractivity (Wildman–Crippen MR) is 124 cm³/mol. The first-order valence-corrected chi connectivity index (χ1v) is 10.8. The van der Waals surface area contributed by atoms with E-state index in [1.54, 1.807) is 17.4 Å². The second-order valence-corrected chi connectivity index (χ2v) is 8.46. The second kappa shape index (κ2) is 9.22. The molecule has 0 spiro atoms. The van der Waals surface area contributed by atoms with Gasteiger partial charge in [0.05, 0.1) is 28.3 Å². The van der Waals surface area contributed by atoms with Crippen LogP contribution in [0.3, 0.4) is 0 Å². The highest BCUT2D eigenvalue weighted by Gasteiger charge is 2.12. The first-order valence-electron chi connectivity index (χ1n) is 9.91. The van der Waals surface area contributed by atoms with Crippen molar-refractivity contribution in [2.24, 2.45) is 4.99 Å². The Morgan fingerprint density at radius 3 is 2.60 bits per heavy atom. The summed E-state index contributed by atoms with van der Waals surface area (Å²) in [5, 5.41) is 12.3. The molecule has 1 heterocycles. The molecule has 2 aromatic carbocycles. The Balaban J connectivity index is 1.81. The number of hydrogen-bond donors (Lipinski definition) is 1. The molecule has 0 aliphatic rings. The van der Waals surface area contributed by atoms with E-state index in [0.717, 1.165) is 46.0 Å². The van der Waals surface area contributed by atoms with E-state index in [0.29, 0.717) is 5.56 Å². The Bertz CT molecular complexity index is 1100. The second-order valence-electron chi connectivity index (χ2n) is 7.52. The molecule has 0 bridgehead atoms. The molecule has 30 heavy (non-hydrogen) atoms. The average molecular weight is 422 g/mol. The van der Waals surface area contributed by atoms with Gasteiger partial charge in [-0.25, -0.2) is 14.8 Å². The summed E-state index contributed by atoms with van der Waals surface area (Å²) in [6.07, 6.45) is 2.63. The number of aromatic nitrogens is 1. The Morgan fingerprint density at radius 1 is 1.17 bits per heavy atom. The van der Waals surface area contributed by atoms with Gasteiger partial charge in [0.1, 0.15) is 0 Å². The standard InChI is InChI=1S/C24H27N3O2S/c1-6-27(5)14-25-21-11-15(2)19(10-17(21)4)12-23-26-22(13-30-23)18-7-8-20(24(28)29)16(3)9-18/h7-11,13-14H,6,12H2,1-5H3,(H,28,29). The topological polar surface area (TPSA) is 65.8 Å². The van der Waals surface area contributed by atoms with Crippen LogP contribution in [0.5, 0.6) is 0 Å². The number of benzene rings is 2. The van der Waals surface area contributed by atoms with E-state index in [1.807, 2.05) is 42.7 Å². The van der Waals surface area contributed by atoms with Crippen LogP contribution in [0.25, 0.3) is 11.3 Å². The smallest absolute Gasteiger partial charge is 0.335 e. The molecule has 0 radical (unpaired) electrons. The van der Waals surface area contributed by atoms with Gasteiger partial charge in [-0.05, 0) is 68.1 Å². The Kier molecular flexibility index (Phi) is 6.67. The van der Waals surface area contributed by atoms with Gasteiger partial charge in [-0.3, -0.25) is 0 Å². The lowest BCUT2D eigenvalue weighted by molar-refractivity contribution is 0.0696. The van der Waals surface area contributed by atoms with Crippen molar-refractivity contribution in [3.05, 3.63) is 68.5 Å². The summed E-state index contributed by atoms with van der Waals surface area (Å²) in [5.74, 6) is -0.905. The van der Waals surface area contributed by atoms with Gasteiger partial charge < -0.3 is 10.0 Å². The number of hydrogen-bond acceptors (Lipinski definition) is 4. The highest BCUT2D eigenvalue weighted by atomic mass is 32.1. The monoisotopic (exact) mass is 421 g/mol. The van der Waals surface area contributed by atoms with Crippen LogP contribution in [0.1, 0.15) is 44.5 Å². The zero-order valence-electron chi connectivity index (χ0n) is 18.1. The van der Waals surface area contributed by atoms with Crippen LogP contribution in [0.2, 0.25) is 0 Å². The maximum atomic E-state index is 11.2. The molecule has 5 nitrogen and oxygen atoms in total. The minimum atomic E-state index is -0.905. The van der Waals surface area contributed by atoms with Crippen molar-refractivity contribution >= 4 is 29.3 Å². The molecular weight excluding hydrogens is 394 g/mol. The van der Waals surface area contributed by atoms with Crippen LogP contribution in [0, 0.1) is 20.8 Å². The minimum Gasteiger partial charge on any atom is -0.478 e. The van der Waals surface area contributed by atoms with Gasteiger partial charge in [-0.1, -0.05) is 12.1 Å². The lowest BCUT2D eigenvalue weighted by Gasteiger charge is -2.11. The normalized spacial score (nSPS) is 11.2. The van der Waals surface area contributed by atoms with E-state index in [4.69, 9.17) is 4.98 Å². The van der Waals surface area contributed by atoms with Gasteiger partial charge in [0.25, 0.3) is 0 Å². The molecule has 6 heteroatoms. The summed E-state index contributed by atoms with van der Waals surface area (Å²) < 4.78 is 0. The fraction of sp³-hybridized carbons (Fsp3) is 0.292. The third-order valence-corrected chi connectivity index (χ3v) is 6.04. The van der Waals surface area contributed by atoms with Crippen molar-refractivity contribution < 1.29 is 9.90 Å². The zero-order chi connectivity index (χ0) is 21.8. The van der Waals surface area contributed by atoms with Crippen LogP contribution in [0.4, 0.5) is 5.69 Å². The largest absolute Gasteiger partial charge is 0.478 e. The van der Waals surface area contributed by atoms with Gasteiger partial charge >= 0.3 is 5.97 Å². The van der Waals surface area contributed by atoms with E-state index in [9.17, 15) is 9.90 Å². The quantitative estimate of drug-likeness (QED) is 0.396. The van der Waals surface area contributed by atoms with Gasteiger partial charge in [-0.2, -0.15) is 0 Å². The first-order chi connectivity index (χ1) is 14.3. The van der Waals surface area contributed by atoms with Crippen molar-refractivity contribution in [3.8, 4) is 11.3 Å². The number of carbonyl (C=O) groups is 1. The van der Waals surface area contributed by atoms with E-state index < -0.39 is 5.97 Å². The van der Waals surface area contributed by atoms with Crippen molar-refractivity contribution in [1.82, 2.24) is 9.88 Å². The minimum absolute atomic E-state index is 0.327. The highest BCUT2D eigenvalue weighted by molar-refractivity contribution is 7.10. The molecule has 0 saturated heterocycles. The van der Waals surface area contributed by atoms with Crippen molar-refractivity contribution in [1.29, 1.82) is 0 Å². The van der Waals surface area contributed by atoms with Crippen LogP contribution in [0.15, 0.2) is 40.7 Å². The average Bonchev–Trinajstić information content (AvgIpc) is 3.17. The number of carboxylic acids is 1. The van der Waals surface area contributed by atoms with E-state index in [-0.39, 0.29) is 0 Å². The van der Waals surface area contributed by atoms with Crippen LogP contribution >= 0.6 is 11.3 Å². The lowest BCUT2D eigenvalue weighted by Crippen LogP contribution is -2.14. The molecule has 0 aliphatic carbocycles. The highest BCUT2D eigenvalue weighted by Crippen LogP contribution is 2.28. The summed E-state index contributed by atoms with van der Waals surface area (Å²) in [7, 11) is 2.01. The Hall–Kier alpha value is -2.99. The third-order valence-electron chi connectivity index (χ3n) is 5.19. The molecule has 0 unspecified atom stereocenters. The summed E-state index contributed by atoms with van der Waals surface area (Å²) in [6.45, 7) is 9.03. The Morgan fingerprint density at radius 2 is 1.93 bits per heavy atom. The van der Waals surface area contributed by atoms with Gasteiger partial charge in [0.2, 0.25) is 0 Å². The SMILES string of the molecule is CCN(C)C=Nc1cc(C)c(Cc2nc(-c3ccc(C(=O)O)c(C)c3)cs2)cc1C. The molecule has 156 valence electrons. The summed E-state index contributed by atoms with van der Waals surface area (Å²) in [6, 6.07) is 9.69. The lowest BCUT2D eigenvalue weighted by atomic mass is 10.0. The molecule has 0 amide bonds. The van der Waals surface area contributed by atoms with Gasteiger partial charge in [0.15, 0.2) is 0 Å². The number of thiazole rings is 1. The molecule has 1 N–H and O–H groups in total. The summed E-state index contributed by atoms with van der Waals surface area (Å²) in [4.78, 5) is 22.7. The predicted octanol–water partition coefficient (Wildman–Crippen LogP) is 5.64. The molecule has 0 saturated carbocycles. The van der Waals surface area contributed by atoms with E-state index in [1.165, 1.54) is 11.1 Å². The number of nitrogens with zero attached hydrogens (tertiary/aromatic N) is 3.